The third-order valence-corrected chi connectivity index (χ3v) is 6.03. The number of nitrogens with zero attached hydrogens (tertiary/aromatic N) is 1. The Morgan fingerprint density at radius 3 is 2.58 bits per heavy atom. The van der Waals surface area contributed by atoms with Gasteiger partial charge in [0.05, 0.1) is 17.1 Å². The van der Waals surface area contributed by atoms with Crippen LogP contribution in [0.25, 0.3) is 11.0 Å². The SMILES string of the molecule is Cc1cc2occ(C(=O)N3CCS(=O)(=O)CC3C(=O)O)c2cc1C. The largest absolute Gasteiger partial charge is 0.480 e. The van der Waals surface area contributed by atoms with E-state index in [-0.39, 0.29) is 17.9 Å². The molecule has 0 aliphatic carbocycles. The lowest BCUT2D eigenvalue weighted by atomic mass is 10.0. The summed E-state index contributed by atoms with van der Waals surface area (Å²) < 4.78 is 28.8. The Morgan fingerprint density at radius 2 is 1.92 bits per heavy atom. The maximum atomic E-state index is 12.8. The van der Waals surface area contributed by atoms with Gasteiger partial charge in [0.2, 0.25) is 0 Å². The first-order chi connectivity index (χ1) is 11.2. The van der Waals surface area contributed by atoms with E-state index in [1.807, 2.05) is 26.0 Å². The average molecular weight is 351 g/mol. The van der Waals surface area contributed by atoms with Crippen molar-refractivity contribution in [1.82, 2.24) is 4.90 Å². The Kier molecular flexibility index (Phi) is 3.87. The molecule has 1 aliphatic rings. The molecule has 0 bridgehead atoms. The van der Waals surface area contributed by atoms with Crippen LogP contribution in [0.15, 0.2) is 22.8 Å². The lowest BCUT2D eigenvalue weighted by Crippen LogP contribution is -2.54. The van der Waals surface area contributed by atoms with Crippen molar-refractivity contribution in [2.45, 2.75) is 19.9 Å². The highest BCUT2D eigenvalue weighted by atomic mass is 32.2. The zero-order valence-corrected chi connectivity index (χ0v) is 14.1. The topological polar surface area (TPSA) is 105 Å². The first-order valence-electron chi connectivity index (χ1n) is 7.42. The average Bonchev–Trinajstić information content (AvgIpc) is 2.89. The summed E-state index contributed by atoms with van der Waals surface area (Å²) in [6.07, 6.45) is 1.30. The lowest BCUT2D eigenvalue weighted by molar-refractivity contribution is -0.141. The number of rotatable bonds is 2. The maximum Gasteiger partial charge on any atom is 0.327 e. The maximum absolute atomic E-state index is 12.8. The number of carbonyl (C=O) groups excluding carboxylic acids is 1. The van der Waals surface area contributed by atoms with Gasteiger partial charge in [-0.3, -0.25) is 4.79 Å². The molecule has 2 heterocycles. The van der Waals surface area contributed by atoms with Crippen LogP contribution in [-0.4, -0.2) is 54.4 Å². The Balaban J connectivity index is 2.02. The van der Waals surface area contributed by atoms with E-state index in [4.69, 9.17) is 4.42 Å². The molecule has 0 spiro atoms. The Labute approximate surface area is 138 Å². The van der Waals surface area contributed by atoms with E-state index in [1.54, 1.807) is 0 Å². The van der Waals surface area contributed by atoms with Crippen molar-refractivity contribution in [3.63, 3.8) is 0 Å². The summed E-state index contributed by atoms with van der Waals surface area (Å²) >= 11 is 0. The molecule has 1 unspecified atom stereocenters. The van der Waals surface area contributed by atoms with E-state index in [9.17, 15) is 23.1 Å². The molecule has 8 heteroatoms. The number of sulfone groups is 1. The van der Waals surface area contributed by atoms with E-state index < -0.39 is 33.5 Å². The fourth-order valence-corrected chi connectivity index (χ4v) is 4.30. The lowest BCUT2D eigenvalue weighted by Gasteiger charge is -2.32. The second kappa shape index (κ2) is 5.62. The monoisotopic (exact) mass is 351 g/mol. The van der Waals surface area contributed by atoms with Crippen molar-refractivity contribution in [3.05, 3.63) is 35.1 Å². The molecule has 3 rings (SSSR count). The van der Waals surface area contributed by atoms with Gasteiger partial charge in [0.25, 0.3) is 5.91 Å². The summed E-state index contributed by atoms with van der Waals surface area (Å²) in [5.74, 6) is -2.66. The van der Waals surface area contributed by atoms with Crippen LogP contribution in [0.4, 0.5) is 0 Å². The number of carboxylic acids is 1. The molecule has 2 aromatic rings. The molecule has 1 aromatic heterocycles. The summed E-state index contributed by atoms with van der Waals surface area (Å²) in [6, 6.07) is 2.25. The molecular weight excluding hydrogens is 334 g/mol. The summed E-state index contributed by atoms with van der Waals surface area (Å²) in [5, 5.41) is 9.90. The number of hydrogen-bond donors (Lipinski definition) is 1. The van der Waals surface area contributed by atoms with Crippen LogP contribution in [-0.2, 0) is 14.6 Å². The minimum Gasteiger partial charge on any atom is -0.480 e. The molecule has 1 atom stereocenters. The number of aryl methyl sites for hydroxylation is 2. The van der Waals surface area contributed by atoms with Crippen LogP contribution >= 0.6 is 0 Å². The highest BCUT2D eigenvalue weighted by Gasteiger charge is 2.39. The Bertz CT molecular complexity index is 943. The summed E-state index contributed by atoms with van der Waals surface area (Å²) in [6.45, 7) is 3.69. The normalized spacial score (nSPS) is 20.2. The molecule has 128 valence electrons. The number of hydrogen-bond acceptors (Lipinski definition) is 5. The second-order valence-electron chi connectivity index (χ2n) is 6.05. The molecule has 0 radical (unpaired) electrons. The fraction of sp³-hybridized carbons (Fsp3) is 0.375. The van der Waals surface area contributed by atoms with Crippen LogP contribution < -0.4 is 0 Å². The Morgan fingerprint density at radius 1 is 1.25 bits per heavy atom. The third kappa shape index (κ3) is 2.77. The molecule has 1 saturated heterocycles. The summed E-state index contributed by atoms with van der Waals surface area (Å²) in [7, 11) is -3.47. The minimum atomic E-state index is -3.47. The number of aliphatic carboxylic acids is 1. The standard InChI is InChI=1S/C16H17NO6S/c1-9-5-11-12(7-23-14(11)6-10(9)2)15(18)17-3-4-24(21,22)8-13(17)16(19)20/h5-7,13H,3-4,8H2,1-2H3,(H,19,20). The molecule has 0 saturated carbocycles. The van der Waals surface area contributed by atoms with Gasteiger partial charge in [0.15, 0.2) is 9.84 Å². The van der Waals surface area contributed by atoms with Crippen molar-refractivity contribution in [3.8, 4) is 0 Å². The Hall–Kier alpha value is -2.35. The van der Waals surface area contributed by atoms with Crippen LogP contribution in [0.1, 0.15) is 21.5 Å². The minimum absolute atomic E-state index is 0.143. The molecule has 1 aliphatic heterocycles. The molecule has 1 amide bonds. The van der Waals surface area contributed by atoms with E-state index in [0.29, 0.717) is 11.0 Å². The van der Waals surface area contributed by atoms with Crippen molar-refractivity contribution in [1.29, 1.82) is 0 Å². The van der Waals surface area contributed by atoms with E-state index in [0.717, 1.165) is 16.0 Å². The van der Waals surface area contributed by atoms with Crippen LogP contribution in [0.3, 0.4) is 0 Å². The predicted molar refractivity (Wildman–Crippen MR) is 86.8 cm³/mol. The molecule has 24 heavy (non-hydrogen) atoms. The first kappa shape index (κ1) is 16.5. The number of carbonyl (C=O) groups is 2. The van der Waals surface area contributed by atoms with E-state index >= 15 is 0 Å². The van der Waals surface area contributed by atoms with Gasteiger partial charge in [-0.05, 0) is 37.1 Å². The smallest absolute Gasteiger partial charge is 0.327 e. The van der Waals surface area contributed by atoms with Crippen LogP contribution in [0.2, 0.25) is 0 Å². The van der Waals surface area contributed by atoms with E-state index in [2.05, 4.69) is 0 Å². The first-order valence-corrected chi connectivity index (χ1v) is 9.24. The van der Waals surface area contributed by atoms with Gasteiger partial charge >= 0.3 is 5.97 Å². The molecule has 7 nitrogen and oxygen atoms in total. The molecular formula is C16H17NO6S. The summed E-state index contributed by atoms with van der Waals surface area (Å²) in [5.41, 5.74) is 2.79. The van der Waals surface area contributed by atoms with Gasteiger partial charge < -0.3 is 14.4 Å². The highest BCUT2D eigenvalue weighted by molar-refractivity contribution is 7.91. The summed E-state index contributed by atoms with van der Waals surface area (Å²) in [4.78, 5) is 25.3. The van der Waals surface area contributed by atoms with Gasteiger partial charge in [-0.15, -0.1) is 0 Å². The number of amides is 1. The molecule has 1 fully saturated rings. The fourth-order valence-electron chi connectivity index (χ4n) is 2.86. The molecule has 1 N–H and O–H groups in total. The predicted octanol–water partition coefficient (Wildman–Crippen LogP) is 1.37. The number of furan rings is 1. The van der Waals surface area contributed by atoms with Crippen LogP contribution in [0, 0.1) is 13.8 Å². The number of fused-ring (bicyclic) bond motifs is 1. The zero-order chi connectivity index (χ0) is 17.6. The van der Waals surface area contributed by atoms with Crippen molar-refractivity contribution >= 4 is 32.7 Å². The van der Waals surface area contributed by atoms with Crippen molar-refractivity contribution in [2.75, 3.05) is 18.1 Å². The number of benzene rings is 1. The van der Waals surface area contributed by atoms with Gasteiger partial charge in [-0.25, -0.2) is 13.2 Å². The van der Waals surface area contributed by atoms with Crippen LogP contribution in [0.5, 0.6) is 0 Å². The quantitative estimate of drug-likeness (QED) is 0.876. The van der Waals surface area contributed by atoms with Gasteiger partial charge in [0, 0.05) is 11.9 Å². The molecule has 1 aromatic carbocycles. The van der Waals surface area contributed by atoms with Crippen molar-refractivity contribution < 1.29 is 27.5 Å². The van der Waals surface area contributed by atoms with E-state index in [1.165, 1.54) is 6.26 Å². The number of carboxylic acid groups (broad SMARTS) is 1. The third-order valence-electron chi connectivity index (χ3n) is 4.40. The van der Waals surface area contributed by atoms with Gasteiger partial charge in [0.1, 0.15) is 17.9 Å². The second-order valence-corrected chi connectivity index (χ2v) is 8.28. The van der Waals surface area contributed by atoms with Crippen molar-refractivity contribution in [2.24, 2.45) is 0 Å². The zero-order valence-electron chi connectivity index (χ0n) is 13.3. The van der Waals surface area contributed by atoms with Gasteiger partial charge in [-0.2, -0.15) is 0 Å². The highest BCUT2D eigenvalue weighted by Crippen LogP contribution is 2.27. The van der Waals surface area contributed by atoms with Gasteiger partial charge in [-0.1, -0.05) is 0 Å².